The Bertz CT molecular complexity index is 424. The molecule has 0 spiro atoms. The van der Waals surface area contributed by atoms with Crippen LogP contribution in [0.3, 0.4) is 0 Å². The Labute approximate surface area is 113 Å². The molecule has 1 aliphatic rings. The third-order valence-electron chi connectivity index (χ3n) is 3.51. The van der Waals surface area contributed by atoms with E-state index in [4.69, 9.17) is 10.8 Å². The number of aliphatic carboxylic acids is 1. The monoisotopic (exact) mass is 266 g/mol. The van der Waals surface area contributed by atoms with Crippen molar-refractivity contribution < 1.29 is 9.90 Å². The number of nitrogens with zero attached hydrogens (tertiary/aromatic N) is 3. The molecule has 1 fully saturated rings. The molecular formula is C13H22N4O2. The SMILES string of the molecule is Nc1cnn(CCCCCC(=O)O)c1N1CCCC1. The van der Waals surface area contributed by atoms with E-state index in [-0.39, 0.29) is 6.42 Å². The number of hydrogen-bond acceptors (Lipinski definition) is 4. The van der Waals surface area contributed by atoms with E-state index in [2.05, 4.69) is 10.00 Å². The Morgan fingerprint density at radius 3 is 2.74 bits per heavy atom. The Kier molecular flexibility index (Phi) is 4.65. The lowest BCUT2D eigenvalue weighted by Crippen LogP contribution is -2.22. The number of nitrogens with two attached hydrogens (primary N) is 1. The third-order valence-corrected chi connectivity index (χ3v) is 3.51. The number of nitrogen functional groups attached to an aromatic ring is 1. The molecule has 3 N–H and O–H groups in total. The Balaban J connectivity index is 1.84. The van der Waals surface area contributed by atoms with Crippen molar-refractivity contribution in [2.75, 3.05) is 23.7 Å². The number of carboxylic acid groups (broad SMARTS) is 1. The predicted octanol–water partition coefficient (Wildman–Crippen LogP) is 1.71. The molecule has 0 radical (unpaired) electrons. The number of carboxylic acids is 1. The number of carbonyl (C=O) groups is 1. The van der Waals surface area contributed by atoms with E-state index < -0.39 is 5.97 Å². The zero-order valence-corrected chi connectivity index (χ0v) is 11.2. The fourth-order valence-electron chi connectivity index (χ4n) is 2.55. The van der Waals surface area contributed by atoms with Crippen molar-refractivity contribution in [3.8, 4) is 0 Å². The molecule has 1 saturated heterocycles. The molecule has 6 nitrogen and oxygen atoms in total. The van der Waals surface area contributed by atoms with Crippen LogP contribution >= 0.6 is 0 Å². The second kappa shape index (κ2) is 6.45. The van der Waals surface area contributed by atoms with Gasteiger partial charge in [0.15, 0.2) is 0 Å². The van der Waals surface area contributed by atoms with Gasteiger partial charge in [0, 0.05) is 26.1 Å². The molecule has 0 aliphatic carbocycles. The molecule has 0 aromatic carbocycles. The van der Waals surface area contributed by atoms with Crippen molar-refractivity contribution in [3.05, 3.63) is 6.20 Å². The fourth-order valence-corrected chi connectivity index (χ4v) is 2.55. The molecule has 2 rings (SSSR count). The van der Waals surface area contributed by atoms with Crippen LogP contribution in [0, 0.1) is 0 Å². The topological polar surface area (TPSA) is 84.4 Å². The molecule has 0 amide bonds. The van der Waals surface area contributed by atoms with Crippen molar-refractivity contribution in [1.82, 2.24) is 9.78 Å². The summed E-state index contributed by atoms with van der Waals surface area (Å²) in [5.74, 6) is 0.317. The number of anilines is 2. The van der Waals surface area contributed by atoms with Gasteiger partial charge in [-0.25, -0.2) is 4.68 Å². The maximum absolute atomic E-state index is 10.4. The Morgan fingerprint density at radius 1 is 1.32 bits per heavy atom. The molecular weight excluding hydrogens is 244 g/mol. The van der Waals surface area contributed by atoms with Gasteiger partial charge in [-0.05, 0) is 25.7 Å². The van der Waals surface area contributed by atoms with Gasteiger partial charge in [0.05, 0.1) is 11.9 Å². The van der Waals surface area contributed by atoms with Crippen LogP contribution in [0.15, 0.2) is 6.20 Å². The fraction of sp³-hybridized carbons (Fsp3) is 0.692. The molecule has 0 unspecified atom stereocenters. The third kappa shape index (κ3) is 3.62. The average molecular weight is 266 g/mol. The molecule has 106 valence electrons. The van der Waals surface area contributed by atoms with E-state index >= 15 is 0 Å². The van der Waals surface area contributed by atoms with Gasteiger partial charge in [-0.1, -0.05) is 6.42 Å². The van der Waals surface area contributed by atoms with E-state index in [0.717, 1.165) is 50.4 Å². The quantitative estimate of drug-likeness (QED) is 0.734. The van der Waals surface area contributed by atoms with Crippen molar-refractivity contribution in [1.29, 1.82) is 0 Å². The minimum Gasteiger partial charge on any atom is -0.481 e. The van der Waals surface area contributed by atoms with Gasteiger partial charge >= 0.3 is 5.97 Å². The summed E-state index contributed by atoms with van der Waals surface area (Å²) in [7, 11) is 0. The first-order valence-electron chi connectivity index (χ1n) is 6.96. The summed E-state index contributed by atoms with van der Waals surface area (Å²) < 4.78 is 1.96. The van der Waals surface area contributed by atoms with Crippen molar-refractivity contribution in [2.24, 2.45) is 0 Å². The molecule has 1 aliphatic heterocycles. The second-order valence-electron chi connectivity index (χ2n) is 5.05. The summed E-state index contributed by atoms with van der Waals surface area (Å²) in [5.41, 5.74) is 6.73. The highest BCUT2D eigenvalue weighted by Crippen LogP contribution is 2.26. The molecule has 6 heteroatoms. The molecule has 1 aromatic rings. The van der Waals surface area contributed by atoms with Gasteiger partial charge in [0.25, 0.3) is 0 Å². The van der Waals surface area contributed by atoms with Crippen molar-refractivity contribution in [3.63, 3.8) is 0 Å². The number of aryl methyl sites for hydroxylation is 1. The van der Waals surface area contributed by atoms with E-state index in [1.807, 2.05) is 4.68 Å². The first-order valence-corrected chi connectivity index (χ1v) is 6.96. The van der Waals surface area contributed by atoms with Crippen molar-refractivity contribution >= 4 is 17.5 Å². The largest absolute Gasteiger partial charge is 0.481 e. The van der Waals surface area contributed by atoms with Crippen LogP contribution in [-0.4, -0.2) is 33.9 Å². The average Bonchev–Trinajstić information content (AvgIpc) is 2.98. The van der Waals surface area contributed by atoms with Crippen LogP contribution in [0.5, 0.6) is 0 Å². The highest BCUT2D eigenvalue weighted by Gasteiger charge is 2.19. The number of rotatable bonds is 7. The predicted molar refractivity (Wildman–Crippen MR) is 74.2 cm³/mol. The van der Waals surface area contributed by atoms with Gasteiger partial charge in [-0.3, -0.25) is 4.79 Å². The van der Waals surface area contributed by atoms with Gasteiger partial charge in [-0.2, -0.15) is 5.10 Å². The lowest BCUT2D eigenvalue weighted by molar-refractivity contribution is -0.137. The van der Waals surface area contributed by atoms with Crippen LogP contribution in [0.2, 0.25) is 0 Å². The maximum Gasteiger partial charge on any atom is 0.303 e. The molecule has 19 heavy (non-hydrogen) atoms. The van der Waals surface area contributed by atoms with Crippen LogP contribution in [0.4, 0.5) is 11.5 Å². The van der Waals surface area contributed by atoms with Gasteiger partial charge in [0.1, 0.15) is 5.82 Å². The molecule has 1 aromatic heterocycles. The van der Waals surface area contributed by atoms with Crippen LogP contribution in [0.25, 0.3) is 0 Å². The highest BCUT2D eigenvalue weighted by molar-refractivity contribution is 5.66. The summed E-state index contributed by atoms with van der Waals surface area (Å²) in [6.45, 7) is 2.91. The summed E-state index contributed by atoms with van der Waals surface area (Å²) in [5, 5.41) is 12.9. The first kappa shape index (κ1) is 13.7. The normalized spacial score (nSPS) is 15.1. The smallest absolute Gasteiger partial charge is 0.303 e. The molecule has 0 atom stereocenters. The molecule has 0 saturated carbocycles. The lowest BCUT2D eigenvalue weighted by Gasteiger charge is -2.19. The van der Waals surface area contributed by atoms with Gasteiger partial charge < -0.3 is 15.7 Å². The lowest BCUT2D eigenvalue weighted by atomic mass is 10.2. The second-order valence-corrected chi connectivity index (χ2v) is 5.05. The van der Waals surface area contributed by atoms with Crippen LogP contribution in [-0.2, 0) is 11.3 Å². The zero-order valence-electron chi connectivity index (χ0n) is 11.2. The minimum absolute atomic E-state index is 0.250. The van der Waals surface area contributed by atoms with Crippen LogP contribution < -0.4 is 10.6 Å². The number of hydrogen-bond donors (Lipinski definition) is 2. The summed E-state index contributed by atoms with van der Waals surface area (Å²) in [4.78, 5) is 12.7. The number of unbranched alkanes of at least 4 members (excludes halogenated alkanes) is 2. The molecule has 0 bridgehead atoms. The Morgan fingerprint density at radius 2 is 2.05 bits per heavy atom. The summed E-state index contributed by atoms with van der Waals surface area (Å²) in [6, 6.07) is 0. The minimum atomic E-state index is -0.721. The van der Waals surface area contributed by atoms with E-state index in [1.54, 1.807) is 6.20 Å². The van der Waals surface area contributed by atoms with Crippen molar-refractivity contribution in [2.45, 2.75) is 45.1 Å². The standard InChI is InChI=1S/C13H22N4O2/c14-11-10-15-17(9-3-1-2-6-12(18)19)13(11)16-7-4-5-8-16/h10H,1-9,14H2,(H,18,19). The first-order chi connectivity index (χ1) is 9.18. The van der Waals surface area contributed by atoms with E-state index in [1.165, 1.54) is 12.8 Å². The number of aromatic nitrogens is 2. The van der Waals surface area contributed by atoms with E-state index in [0.29, 0.717) is 0 Å². The molecule has 2 heterocycles. The Hall–Kier alpha value is -1.72. The van der Waals surface area contributed by atoms with E-state index in [9.17, 15) is 4.79 Å². The summed E-state index contributed by atoms with van der Waals surface area (Å²) >= 11 is 0. The van der Waals surface area contributed by atoms with Crippen LogP contribution in [0.1, 0.15) is 38.5 Å². The van der Waals surface area contributed by atoms with Gasteiger partial charge in [0.2, 0.25) is 0 Å². The maximum atomic E-state index is 10.4. The zero-order chi connectivity index (χ0) is 13.7. The van der Waals surface area contributed by atoms with Gasteiger partial charge in [-0.15, -0.1) is 0 Å². The highest BCUT2D eigenvalue weighted by atomic mass is 16.4. The summed E-state index contributed by atoms with van der Waals surface area (Å²) in [6.07, 6.45) is 6.96.